The molecule has 2 N–H and O–H groups in total. The summed E-state index contributed by atoms with van der Waals surface area (Å²) in [5.41, 5.74) is 2.26. The SMILES string of the molecule is CC(=O)Nc1c(C)nn(-c2ccc(Cl)cc2)c1N1CCC(C(=O)NCc2ccc(C)o2)CC1. The van der Waals surface area contributed by atoms with Crippen LogP contribution in [0.1, 0.15) is 37.0 Å². The molecule has 4 rings (SSSR count). The highest BCUT2D eigenvalue weighted by atomic mass is 35.5. The van der Waals surface area contributed by atoms with Crippen molar-refractivity contribution in [2.24, 2.45) is 5.92 Å². The van der Waals surface area contributed by atoms with Crippen LogP contribution < -0.4 is 15.5 Å². The number of piperidine rings is 1. The van der Waals surface area contributed by atoms with Gasteiger partial charge in [-0.3, -0.25) is 9.59 Å². The first-order chi connectivity index (χ1) is 15.8. The summed E-state index contributed by atoms with van der Waals surface area (Å²) >= 11 is 6.06. The molecule has 2 amide bonds. The van der Waals surface area contributed by atoms with Crippen LogP contribution in [0.4, 0.5) is 11.5 Å². The van der Waals surface area contributed by atoms with Gasteiger partial charge in [-0.2, -0.15) is 5.10 Å². The highest BCUT2D eigenvalue weighted by Gasteiger charge is 2.30. The van der Waals surface area contributed by atoms with Gasteiger partial charge in [0.25, 0.3) is 0 Å². The van der Waals surface area contributed by atoms with Crippen molar-refractivity contribution in [2.75, 3.05) is 23.3 Å². The standard InChI is InChI=1S/C24H28ClN5O3/c1-15-4-9-21(33-15)14-26-23(32)18-10-12-29(13-11-18)24-22(27-17(3)31)16(2)28-30(24)20-7-5-19(25)6-8-20/h4-9,18H,10-14H2,1-3H3,(H,26,32)(H,27,31). The van der Waals surface area contributed by atoms with E-state index in [9.17, 15) is 9.59 Å². The third-order valence-electron chi connectivity index (χ3n) is 5.81. The van der Waals surface area contributed by atoms with Gasteiger partial charge in [-0.15, -0.1) is 0 Å². The topological polar surface area (TPSA) is 92.4 Å². The molecule has 3 aromatic rings. The number of benzene rings is 1. The summed E-state index contributed by atoms with van der Waals surface area (Å²) < 4.78 is 7.36. The van der Waals surface area contributed by atoms with Crippen molar-refractivity contribution in [3.63, 3.8) is 0 Å². The molecular weight excluding hydrogens is 442 g/mol. The van der Waals surface area contributed by atoms with E-state index in [-0.39, 0.29) is 17.7 Å². The molecule has 0 bridgehead atoms. The number of aryl methyl sites for hydroxylation is 2. The number of nitrogens with one attached hydrogen (secondary N) is 2. The number of hydrogen-bond donors (Lipinski definition) is 2. The molecule has 1 aliphatic rings. The molecule has 1 aliphatic heterocycles. The maximum absolute atomic E-state index is 12.7. The van der Waals surface area contributed by atoms with E-state index < -0.39 is 0 Å². The highest BCUT2D eigenvalue weighted by Crippen LogP contribution is 2.35. The molecule has 3 heterocycles. The van der Waals surface area contributed by atoms with E-state index in [1.54, 1.807) is 0 Å². The minimum absolute atomic E-state index is 0.0353. The van der Waals surface area contributed by atoms with Crippen molar-refractivity contribution >= 4 is 34.9 Å². The molecule has 0 aliphatic carbocycles. The number of anilines is 2. The predicted molar refractivity (Wildman–Crippen MR) is 128 cm³/mol. The van der Waals surface area contributed by atoms with Gasteiger partial charge in [-0.1, -0.05) is 11.6 Å². The Morgan fingerprint density at radius 3 is 2.42 bits per heavy atom. The summed E-state index contributed by atoms with van der Waals surface area (Å²) in [7, 11) is 0. The number of carbonyl (C=O) groups excluding carboxylic acids is 2. The van der Waals surface area contributed by atoms with Gasteiger partial charge in [0.05, 0.1) is 17.9 Å². The fourth-order valence-corrected chi connectivity index (χ4v) is 4.27. The van der Waals surface area contributed by atoms with Crippen LogP contribution in [0.3, 0.4) is 0 Å². The van der Waals surface area contributed by atoms with Crippen molar-refractivity contribution in [3.8, 4) is 5.69 Å². The molecule has 33 heavy (non-hydrogen) atoms. The molecule has 9 heteroatoms. The van der Waals surface area contributed by atoms with Crippen LogP contribution in [0.5, 0.6) is 0 Å². The number of hydrogen-bond acceptors (Lipinski definition) is 5. The van der Waals surface area contributed by atoms with Gasteiger partial charge in [0, 0.05) is 31.0 Å². The van der Waals surface area contributed by atoms with Crippen LogP contribution in [0, 0.1) is 19.8 Å². The zero-order valence-electron chi connectivity index (χ0n) is 19.0. The zero-order chi connectivity index (χ0) is 23.5. The molecule has 174 valence electrons. The van der Waals surface area contributed by atoms with E-state index in [4.69, 9.17) is 16.0 Å². The van der Waals surface area contributed by atoms with Crippen LogP contribution in [0.25, 0.3) is 5.69 Å². The van der Waals surface area contributed by atoms with E-state index in [2.05, 4.69) is 20.6 Å². The summed E-state index contributed by atoms with van der Waals surface area (Å²) in [4.78, 5) is 26.8. The predicted octanol–water partition coefficient (Wildman–Crippen LogP) is 4.23. The average Bonchev–Trinajstić information content (AvgIpc) is 3.35. The first kappa shape index (κ1) is 22.9. The Morgan fingerprint density at radius 2 is 1.82 bits per heavy atom. The number of nitrogens with zero attached hydrogens (tertiary/aromatic N) is 3. The lowest BCUT2D eigenvalue weighted by Gasteiger charge is -2.33. The van der Waals surface area contributed by atoms with Crippen molar-refractivity contribution in [1.82, 2.24) is 15.1 Å². The third kappa shape index (κ3) is 5.22. The third-order valence-corrected chi connectivity index (χ3v) is 6.06. The van der Waals surface area contributed by atoms with Gasteiger partial charge >= 0.3 is 0 Å². The van der Waals surface area contributed by atoms with Crippen LogP contribution in [-0.4, -0.2) is 34.7 Å². The monoisotopic (exact) mass is 469 g/mol. The van der Waals surface area contributed by atoms with Crippen LogP contribution in [0.2, 0.25) is 5.02 Å². The van der Waals surface area contributed by atoms with Crippen molar-refractivity contribution in [3.05, 3.63) is 58.6 Å². The Hall–Kier alpha value is -3.26. The Balaban J connectivity index is 1.50. The lowest BCUT2D eigenvalue weighted by atomic mass is 9.95. The molecule has 0 unspecified atom stereocenters. The normalized spacial score (nSPS) is 14.4. The Labute approximate surface area is 197 Å². The van der Waals surface area contributed by atoms with Gasteiger partial charge in [-0.05, 0) is 63.1 Å². The van der Waals surface area contributed by atoms with Gasteiger partial charge < -0.3 is 20.0 Å². The average molecular weight is 470 g/mol. The lowest BCUT2D eigenvalue weighted by molar-refractivity contribution is -0.125. The molecule has 2 aromatic heterocycles. The minimum Gasteiger partial charge on any atom is -0.465 e. The second-order valence-corrected chi connectivity index (χ2v) is 8.78. The molecule has 1 aromatic carbocycles. The van der Waals surface area contributed by atoms with Gasteiger partial charge in [0.2, 0.25) is 11.8 Å². The molecule has 0 radical (unpaired) electrons. The van der Waals surface area contributed by atoms with Crippen LogP contribution in [-0.2, 0) is 16.1 Å². The first-order valence-electron chi connectivity index (χ1n) is 11.0. The minimum atomic E-state index is -0.155. The zero-order valence-corrected chi connectivity index (χ0v) is 19.8. The Bertz CT molecular complexity index is 1140. The van der Waals surface area contributed by atoms with E-state index in [1.807, 2.05) is 54.9 Å². The first-order valence-corrected chi connectivity index (χ1v) is 11.4. The fraction of sp³-hybridized carbons (Fsp3) is 0.375. The van der Waals surface area contributed by atoms with Crippen molar-refractivity contribution in [2.45, 2.75) is 40.2 Å². The molecule has 0 atom stereocenters. The van der Waals surface area contributed by atoms with E-state index in [1.165, 1.54) is 6.92 Å². The number of amides is 2. The van der Waals surface area contributed by atoms with Gasteiger partial charge in [0.1, 0.15) is 17.2 Å². The van der Waals surface area contributed by atoms with Crippen LogP contribution >= 0.6 is 11.6 Å². The number of carbonyl (C=O) groups is 2. The van der Waals surface area contributed by atoms with Gasteiger partial charge in [0.15, 0.2) is 5.82 Å². The van der Waals surface area contributed by atoms with Crippen molar-refractivity contribution in [1.29, 1.82) is 0 Å². The number of rotatable bonds is 6. The Kier molecular flexibility index (Phi) is 6.74. The largest absolute Gasteiger partial charge is 0.465 e. The van der Waals surface area contributed by atoms with Gasteiger partial charge in [-0.25, -0.2) is 4.68 Å². The second-order valence-electron chi connectivity index (χ2n) is 8.34. The molecule has 1 saturated heterocycles. The maximum Gasteiger partial charge on any atom is 0.223 e. The number of aromatic nitrogens is 2. The van der Waals surface area contributed by atoms with E-state index in [0.717, 1.165) is 28.7 Å². The summed E-state index contributed by atoms with van der Waals surface area (Å²) in [6.45, 7) is 6.97. The smallest absolute Gasteiger partial charge is 0.223 e. The highest BCUT2D eigenvalue weighted by molar-refractivity contribution is 6.30. The second kappa shape index (κ2) is 9.70. The van der Waals surface area contributed by atoms with Crippen LogP contribution in [0.15, 0.2) is 40.8 Å². The molecule has 8 nitrogen and oxygen atoms in total. The Morgan fingerprint density at radius 1 is 1.12 bits per heavy atom. The molecular formula is C24H28ClN5O3. The lowest BCUT2D eigenvalue weighted by Crippen LogP contribution is -2.41. The molecule has 0 saturated carbocycles. The number of halogens is 1. The molecule has 1 fully saturated rings. The summed E-state index contributed by atoms with van der Waals surface area (Å²) in [6.07, 6.45) is 1.40. The maximum atomic E-state index is 12.7. The molecule has 0 spiro atoms. The fourth-order valence-electron chi connectivity index (χ4n) is 4.14. The van der Waals surface area contributed by atoms with Crippen molar-refractivity contribution < 1.29 is 14.0 Å². The summed E-state index contributed by atoms with van der Waals surface area (Å²) in [5.74, 6) is 2.20. The number of furan rings is 1. The van der Waals surface area contributed by atoms with E-state index >= 15 is 0 Å². The summed E-state index contributed by atoms with van der Waals surface area (Å²) in [6, 6.07) is 11.2. The van der Waals surface area contributed by atoms with E-state index in [0.29, 0.717) is 43.2 Å². The quantitative estimate of drug-likeness (QED) is 0.563. The summed E-state index contributed by atoms with van der Waals surface area (Å²) in [5, 5.41) is 11.2.